The van der Waals surface area contributed by atoms with E-state index in [1.54, 1.807) is 12.5 Å². The molecule has 0 amide bonds. The highest BCUT2D eigenvalue weighted by molar-refractivity contribution is 4.88. The van der Waals surface area contributed by atoms with E-state index in [1.165, 1.54) is 0 Å². The Balaban J connectivity index is -0.0000000346. The van der Waals surface area contributed by atoms with E-state index in [0.29, 0.717) is 0 Å². The fourth-order valence-electron chi connectivity index (χ4n) is 0.647. The van der Waals surface area contributed by atoms with Crippen molar-refractivity contribution in [2.45, 2.75) is 70.2 Å². The highest BCUT2D eigenvalue weighted by Crippen LogP contribution is 1.80. The first-order valence-electron chi connectivity index (χ1n) is 7.44. The highest BCUT2D eigenvalue weighted by atomic mass is 16.3. The van der Waals surface area contributed by atoms with E-state index in [4.69, 9.17) is 0 Å². The summed E-state index contributed by atoms with van der Waals surface area (Å²) in [6.07, 6.45) is 7.25. The molecule has 0 N–H and O–H groups in total. The molecule has 2 heteroatoms. The van der Waals surface area contributed by atoms with Gasteiger partial charge in [0, 0.05) is 19.4 Å². The maximum Gasteiger partial charge on any atom is 0.0902 e. The van der Waals surface area contributed by atoms with Crippen LogP contribution in [0.25, 0.3) is 0 Å². The van der Waals surface area contributed by atoms with E-state index >= 15 is 0 Å². The number of hydrogen-bond donors (Lipinski definition) is 0. The average molecular weight is 302 g/mol. The van der Waals surface area contributed by atoms with Gasteiger partial charge in [0.25, 0.3) is 0 Å². The van der Waals surface area contributed by atoms with Crippen LogP contribution in [0.1, 0.15) is 70.2 Å². The lowest BCUT2D eigenvalue weighted by atomic mass is 10.7. The third-order valence-corrected chi connectivity index (χ3v) is 1.18. The molecule has 0 atom stereocenters. The second kappa shape index (κ2) is 51.3. The maximum absolute atomic E-state index is 4.58. The highest BCUT2D eigenvalue weighted by Gasteiger charge is 1.68. The lowest BCUT2D eigenvalue weighted by Gasteiger charge is -1.79. The van der Waals surface area contributed by atoms with Gasteiger partial charge in [-0.1, -0.05) is 70.2 Å². The number of aromatic nitrogens is 1. The zero-order valence-electron chi connectivity index (χ0n) is 14.5. The van der Waals surface area contributed by atoms with Gasteiger partial charge in [0.1, 0.15) is 0 Å². The predicted octanol–water partition coefficient (Wildman–Crippen LogP) is 7.68. The second-order valence-electron chi connectivity index (χ2n) is 2.14. The molecule has 130 valence electrons. The number of aryl methyl sites for hydroxylation is 1. The van der Waals surface area contributed by atoms with Crippen LogP contribution < -0.4 is 0 Å². The van der Waals surface area contributed by atoms with Crippen LogP contribution in [0.3, 0.4) is 0 Å². The SMILES string of the molecule is C.C.CC.CC.CC.CC.Cn1cccc1.c1ccoc1. The zero-order chi connectivity index (χ0) is 15.9. The summed E-state index contributed by atoms with van der Waals surface area (Å²) in [5.74, 6) is 0. The molecule has 0 spiro atoms. The third kappa shape index (κ3) is 45.6. The van der Waals surface area contributed by atoms with Gasteiger partial charge in [-0.15, -0.1) is 0 Å². The van der Waals surface area contributed by atoms with Gasteiger partial charge in [0.2, 0.25) is 0 Å². The maximum atomic E-state index is 4.58. The number of furan rings is 1. The Labute approximate surface area is 136 Å². The predicted molar refractivity (Wildman–Crippen MR) is 103 cm³/mol. The van der Waals surface area contributed by atoms with E-state index in [1.807, 2.05) is 104 Å². The Kier molecular flexibility index (Phi) is 89.6. The number of rotatable bonds is 0. The molecule has 0 aliphatic rings. The summed E-state index contributed by atoms with van der Waals surface area (Å²) >= 11 is 0. The molecule has 2 rings (SSSR count). The molecule has 2 aromatic rings. The first-order chi connectivity index (χ1) is 9.39. The van der Waals surface area contributed by atoms with Gasteiger partial charge in [-0.2, -0.15) is 0 Å². The Bertz CT molecular complexity index is 230. The quantitative estimate of drug-likeness (QED) is 0.488. The standard InChI is InChI=1S/C5H7N.C4H4O.4C2H6.2CH4/c1-6-4-2-3-5-6;1-2-4-5-3-1;4*1-2;;/h2-5H,1H3;1-4H;4*1-2H3;2*1H4. The van der Waals surface area contributed by atoms with Gasteiger partial charge in [-0.3, -0.25) is 0 Å². The fraction of sp³-hybridized carbons (Fsp3) is 0.579. The Morgan fingerprint density at radius 3 is 0.952 bits per heavy atom. The lowest BCUT2D eigenvalue weighted by Crippen LogP contribution is -1.75. The monoisotopic (exact) mass is 301 g/mol. The van der Waals surface area contributed by atoms with Crippen molar-refractivity contribution >= 4 is 0 Å². The second-order valence-corrected chi connectivity index (χ2v) is 2.14. The van der Waals surface area contributed by atoms with Crippen LogP contribution in [-0.4, -0.2) is 4.57 Å². The Hall–Kier alpha value is -1.44. The minimum Gasteiger partial charge on any atom is -0.473 e. The molecule has 0 aliphatic heterocycles. The van der Waals surface area contributed by atoms with Crippen molar-refractivity contribution in [2.24, 2.45) is 7.05 Å². The largest absolute Gasteiger partial charge is 0.473 e. The smallest absolute Gasteiger partial charge is 0.0902 e. The van der Waals surface area contributed by atoms with Gasteiger partial charge >= 0.3 is 0 Å². The molecular formula is C19H43NO. The van der Waals surface area contributed by atoms with Crippen LogP contribution in [0.5, 0.6) is 0 Å². The van der Waals surface area contributed by atoms with Crippen molar-refractivity contribution in [3.8, 4) is 0 Å². The third-order valence-electron chi connectivity index (χ3n) is 1.18. The van der Waals surface area contributed by atoms with E-state index < -0.39 is 0 Å². The van der Waals surface area contributed by atoms with Crippen LogP contribution in [-0.2, 0) is 7.05 Å². The number of nitrogens with zero attached hydrogens (tertiary/aromatic N) is 1. The van der Waals surface area contributed by atoms with Crippen molar-refractivity contribution in [3.63, 3.8) is 0 Å². The summed E-state index contributed by atoms with van der Waals surface area (Å²) < 4.78 is 6.58. The molecule has 0 bridgehead atoms. The zero-order valence-corrected chi connectivity index (χ0v) is 14.5. The van der Waals surface area contributed by atoms with Crippen LogP contribution in [0, 0.1) is 0 Å². The fourth-order valence-corrected chi connectivity index (χ4v) is 0.647. The van der Waals surface area contributed by atoms with Crippen LogP contribution >= 0.6 is 0 Å². The first kappa shape index (κ1) is 36.6. The van der Waals surface area contributed by atoms with Gasteiger partial charge < -0.3 is 8.98 Å². The molecule has 0 unspecified atom stereocenters. The summed E-state index contributed by atoms with van der Waals surface area (Å²) in [4.78, 5) is 0. The summed E-state index contributed by atoms with van der Waals surface area (Å²) in [7, 11) is 2.00. The molecule has 2 aromatic heterocycles. The van der Waals surface area contributed by atoms with Crippen LogP contribution in [0.2, 0.25) is 0 Å². The van der Waals surface area contributed by atoms with Crippen molar-refractivity contribution in [1.29, 1.82) is 0 Å². The van der Waals surface area contributed by atoms with Crippen LogP contribution in [0.4, 0.5) is 0 Å². The van der Waals surface area contributed by atoms with E-state index in [-0.39, 0.29) is 14.9 Å². The van der Waals surface area contributed by atoms with Gasteiger partial charge in [-0.25, -0.2) is 0 Å². The molecule has 0 aromatic carbocycles. The van der Waals surface area contributed by atoms with E-state index in [0.717, 1.165) is 0 Å². The van der Waals surface area contributed by atoms with Gasteiger partial charge in [-0.05, 0) is 24.3 Å². The number of hydrogen-bond acceptors (Lipinski definition) is 1. The van der Waals surface area contributed by atoms with Gasteiger partial charge in [0.05, 0.1) is 12.5 Å². The Morgan fingerprint density at radius 2 is 0.857 bits per heavy atom. The summed E-state index contributed by atoms with van der Waals surface area (Å²) in [5, 5.41) is 0. The molecule has 0 fully saturated rings. The summed E-state index contributed by atoms with van der Waals surface area (Å²) in [6.45, 7) is 16.0. The van der Waals surface area contributed by atoms with Crippen molar-refractivity contribution < 1.29 is 4.42 Å². The minimum absolute atomic E-state index is 0. The average Bonchev–Trinajstić information content (AvgIpc) is 3.23. The molecule has 0 saturated carbocycles. The topological polar surface area (TPSA) is 18.1 Å². The minimum atomic E-state index is 0. The molecule has 2 nitrogen and oxygen atoms in total. The van der Waals surface area contributed by atoms with Crippen LogP contribution in [0.15, 0.2) is 53.6 Å². The first-order valence-corrected chi connectivity index (χ1v) is 7.44. The van der Waals surface area contributed by atoms with E-state index in [9.17, 15) is 0 Å². The molecule has 21 heavy (non-hydrogen) atoms. The van der Waals surface area contributed by atoms with E-state index in [2.05, 4.69) is 4.42 Å². The lowest BCUT2D eigenvalue weighted by molar-refractivity contribution is 0.567. The molecule has 0 radical (unpaired) electrons. The molecule has 0 saturated heterocycles. The van der Waals surface area contributed by atoms with Gasteiger partial charge in [0.15, 0.2) is 0 Å². The summed E-state index contributed by atoms with van der Waals surface area (Å²) in [6, 6.07) is 7.67. The van der Waals surface area contributed by atoms with Crippen molar-refractivity contribution in [2.75, 3.05) is 0 Å². The molecule has 0 aliphatic carbocycles. The Morgan fingerprint density at radius 1 is 0.571 bits per heavy atom. The summed E-state index contributed by atoms with van der Waals surface area (Å²) in [5.41, 5.74) is 0. The molecular weight excluding hydrogens is 258 g/mol. The van der Waals surface area contributed by atoms with Crippen molar-refractivity contribution in [1.82, 2.24) is 4.57 Å². The normalized spacial score (nSPS) is 5.57. The molecule has 2 heterocycles. The van der Waals surface area contributed by atoms with Crippen molar-refractivity contribution in [3.05, 3.63) is 49.2 Å².